The lowest BCUT2D eigenvalue weighted by Gasteiger charge is -2.11. The van der Waals surface area contributed by atoms with Crippen molar-refractivity contribution < 1.29 is 32.4 Å². The number of rotatable bonds is 7. The van der Waals surface area contributed by atoms with Crippen molar-refractivity contribution >= 4 is 39.6 Å². The molecule has 0 fully saturated rings. The van der Waals surface area contributed by atoms with Crippen molar-refractivity contribution in [2.45, 2.75) is 6.92 Å². The monoisotopic (exact) mass is 485 g/mol. The number of hydrogen-bond donors (Lipinski definition) is 2. The summed E-state index contributed by atoms with van der Waals surface area (Å²) in [6.45, 7) is 1.62. The van der Waals surface area contributed by atoms with Gasteiger partial charge in [-0.3, -0.25) is 19.9 Å². The van der Waals surface area contributed by atoms with Crippen LogP contribution in [0.4, 0.5) is 31.7 Å². The standard InChI is InChI=1S/C22H17F2N5O6/c1-9-6-26-7-11(29(31)32)20(9)28-15-4-10-14(8-27-15)35-22(19(10)25)21(30)16-17(23)12(33-2)5-13(34-3)18(16)24/h4-8H,25H2,1-3H3,(H,26,27,28). The number of halogens is 2. The molecule has 180 valence electrons. The predicted molar refractivity (Wildman–Crippen MR) is 120 cm³/mol. The van der Waals surface area contributed by atoms with Crippen LogP contribution >= 0.6 is 0 Å². The van der Waals surface area contributed by atoms with Crippen LogP contribution in [-0.2, 0) is 0 Å². The fourth-order valence-electron chi connectivity index (χ4n) is 3.44. The van der Waals surface area contributed by atoms with Crippen LogP contribution in [0.5, 0.6) is 11.5 Å². The molecule has 0 bridgehead atoms. The van der Waals surface area contributed by atoms with Crippen molar-refractivity contribution in [1.82, 2.24) is 9.97 Å². The molecule has 1 aromatic carbocycles. The first-order chi connectivity index (χ1) is 16.7. The normalized spacial score (nSPS) is 10.9. The number of nitrogens with two attached hydrogens (primary N) is 1. The maximum atomic E-state index is 14.8. The number of pyridine rings is 2. The number of fused-ring (bicyclic) bond motifs is 1. The van der Waals surface area contributed by atoms with Gasteiger partial charge in [-0.05, 0) is 18.6 Å². The third kappa shape index (κ3) is 3.92. The van der Waals surface area contributed by atoms with Crippen LogP contribution in [-0.4, -0.2) is 34.9 Å². The van der Waals surface area contributed by atoms with E-state index in [0.717, 1.165) is 26.5 Å². The number of ketones is 1. The van der Waals surface area contributed by atoms with Gasteiger partial charge in [0.25, 0.3) is 0 Å². The van der Waals surface area contributed by atoms with Crippen LogP contribution in [0, 0.1) is 28.7 Å². The molecule has 0 aliphatic carbocycles. The Hall–Kier alpha value is -4.81. The minimum Gasteiger partial charge on any atom is -0.494 e. The van der Waals surface area contributed by atoms with Crippen LogP contribution in [0.15, 0.2) is 35.1 Å². The molecule has 3 heterocycles. The van der Waals surface area contributed by atoms with Gasteiger partial charge >= 0.3 is 5.69 Å². The van der Waals surface area contributed by atoms with Gasteiger partial charge in [-0.15, -0.1) is 0 Å². The minimum atomic E-state index is -1.25. The fourth-order valence-corrected chi connectivity index (χ4v) is 3.44. The van der Waals surface area contributed by atoms with Gasteiger partial charge in [0.1, 0.15) is 23.3 Å². The van der Waals surface area contributed by atoms with E-state index in [0.29, 0.717) is 5.56 Å². The summed E-state index contributed by atoms with van der Waals surface area (Å²) >= 11 is 0. The second-order valence-corrected chi connectivity index (χ2v) is 7.26. The number of anilines is 3. The van der Waals surface area contributed by atoms with E-state index in [1.165, 1.54) is 18.5 Å². The second kappa shape index (κ2) is 8.85. The lowest BCUT2D eigenvalue weighted by atomic mass is 10.0. The SMILES string of the molecule is COc1cc(OC)c(F)c(C(=O)c2oc3cnc(Nc4c(C)cncc4[N+](=O)[O-])cc3c2N)c1F. The average molecular weight is 485 g/mol. The number of methoxy groups -OCH3 is 2. The highest BCUT2D eigenvalue weighted by Gasteiger charge is 2.30. The van der Waals surface area contributed by atoms with E-state index >= 15 is 0 Å². The summed E-state index contributed by atoms with van der Waals surface area (Å²) in [4.78, 5) is 31.7. The van der Waals surface area contributed by atoms with Crippen molar-refractivity contribution in [1.29, 1.82) is 0 Å². The van der Waals surface area contributed by atoms with Crippen LogP contribution in [0.3, 0.4) is 0 Å². The molecular formula is C22H17F2N5O6. The van der Waals surface area contributed by atoms with E-state index in [2.05, 4.69) is 15.3 Å². The molecule has 0 saturated carbocycles. The summed E-state index contributed by atoms with van der Waals surface area (Å²) in [6, 6.07) is 2.35. The smallest absolute Gasteiger partial charge is 0.311 e. The first-order valence-electron chi connectivity index (χ1n) is 9.86. The van der Waals surface area contributed by atoms with E-state index in [4.69, 9.17) is 19.6 Å². The highest BCUT2D eigenvalue weighted by Crippen LogP contribution is 2.37. The molecule has 11 nitrogen and oxygen atoms in total. The Balaban J connectivity index is 1.79. The van der Waals surface area contributed by atoms with E-state index < -0.39 is 45.2 Å². The number of nitro groups is 1. The highest BCUT2D eigenvalue weighted by molar-refractivity contribution is 6.15. The Labute approximate surface area is 195 Å². The number of carbonyl (C=O) groups excluding carboxylic acids is 1. The van der Waals surface area contributed by atoms with Gasteiger partial charge in [0, 0.05) is 17.6 Å². The van der Waals surface area contributed by atoms with Crippen molar-refractivity contribution in [2.24, 2.45) is 0 Å². The molecule has 0 saturated heterocycles. The molecule has 0 unspecified atom stereocenters. The molecule has 0 spiro atoms. The number of nitrogens with zero attached hydrogens (tertiary/aromatic N) is 3. The van der Waals surface area contributed by atoms with Gasteiger partial charge in [-0.1, -0.05) is 0 Å². The van der Waals surface area contributed by atoms with Gasteiger partial charge in [0.05, 0.1) is 31.0 Å². The summed E-state index contributed by atoms with van der Waals surface area (Å²) in [5.74, 6) is -4.90. The van der Waals surface area contributed by atoms with Gasteiger partial charge < -0.3 is 24.9 Å². The third-order valence-corrected chi connectivity index (χ3v) is 5.19. The van der Waals surface area contributed by atoms with Crippen LogP contribution < -0.4 is 20.5 Å². The lowest BCUT2D eigenvalue weighted by Crippen LogP contribution is -2.11. The summed E-state index contributed by atoms with van der Waals surface area (Å²) in [6.07, 6.45) is 3.73. The van der Waals surface area contributed by atoms with E-state index in [9.17, 15) is 23.7 Å². The highest BCUT2D eigenvalue weighted by atomic mass is 19.1. The predicted octanol–water partition coefficient (Wildman–Crippen LogP) is 4.29. The zero-order valence-electron chi connectivity index (χ0n) is 18.5. The van der Waals surface area contributed by atoms with Crippen molar-refractivity contribution in [3.8, 4) is 11.5 Å². The molecule has 3 N–H and O–H groups in total. The molecule has 4 aromatic rings. The summed E-state index contributed by atoms with van der Waals surface area (Å²) in [7, 11) is 2.29. The lowest BCUT2D eigenvalue weighted by molar-refractivity contribution is -0.384. The Morgan fingerprint density at radius 1 is 1.14 bits per heavy atom. The number of carbonyl (C=O) groups is 1. The number of ether oxygens (including phenoxy) is 2. The van der Waals surface area contributed by atoms with E-state index in [-0.39, 0.29) is 33.8 Å². The molecule has 0 aliphatic heterocycles. The van der Waals surface area contributed by atoms with Gasteiger partial charge in [0.2, 0.25) is 5.78 Å². The molecular weight excluding hydrogens is 468 g/mol. The molecule has 0 aliphatic rings. The molecule has 13 heteroatoms. The first kappa shape index (κ1) is 23.4. The number of furan rings is 1. The number of benzene rings is 1. The molecule has 4 rings (SSSR count). The molecule has 35 heavy (non-hydrogen) atoms. The summed E-state index contributed by atoms with van der Waals surface area (Å²) in [5.41, 5.74) is 5.32. The van der Waals surface area contributed by atoms with Gasteiger partial charge in [-0.2, -0.15) is 0 Å². The number of aryl methyl sites for hydroxylation is 1. The molecule has 0 atom stereocenters. The molecule has 0 radical (unpaired) electrons. The molecule has 3 aromatic heterocycles. The summed E-state index contributed by atoms with van der Waals surface area (Å²) < 4.78 is 44.8. The Bertz CT molecular complexity index is 1480. The number of nitrogen functional groups attached to an aromatic ring is 1. The first-order valence-corrected chi connectivity index (χ1v) is 9.86. The molecule has 0 amide bonds. The number of hydrogen-bond acceptors (Lipinski definition) is 10. The van der Waals surface area contributed by atoms with Crippen LogP contribution in [0.2, 0.25) is 0 Å². The van der Waals surface area contributed by atoms with Gasteiger partial charge in [-0.25, -0.2) is 13.8 Å². The van der Waals surface area contributed by atoms with Crippen LogP contribution in [0.25, 0.3) is 11.0 Å². The number of nitrogens with one attached hydrogen (secondary N) is 1. The minimum absolute atomic E-state index is 0.0491. The van der Waals surface area contributed by atoms with Gasteiger partial charge in [0.15, 0.2) is 34.5 Å². The van der Waals surface area contributed by atoms with E-state index in [1.807, 2.05) is 0 Å². The fraction of sp³-hybridized carbons (Fsp3) is 0.136. The Kier molecular flexibility index (Phi) is 5.91. The van der Waals surface area contributed by atoms with E-state index in [1.54, 1.807) is 6.92 Å². The second-order valence-electron chi connectivity index (χ2n) is 7.26. The average Bonchev–Trinajstić information content (AvgIpc) is 3.16. The van der Waals surface area contributed by atoms with Crippen LogP contribution in [0.1, 0.15) is 21.7 Å². The van der Waals surface area contributed by atoms with Crippen molar-refractivity contribution in [2.75, 3.05) is 25.3 Å². The zero-order chi connectivity index (χ0) is 25.4. The van der Waals surface area contributed by atoms with Crippen molar-refractivity contribution in [3.63, 3.8) is 0 Å². The summed E-state index contributed by atoms with van der Waals surface area (Å²) in [5, 5.41) is 14.4. The number of aromatic nitrogens is 2. The largest absolute Gasteiger partial charge is 0.494 e. The maximum Gasteiger partial charge on any atom is 0.311 e. The maximum absolute atomic E-state index is 14.8. The topological polar surface area (TPSA) is 156 Å². The Morgan fingerprint density at radius 2 is 1.80 bits per heavy atom. The third-order valence-electron chi connectivity index (χ3n) is 5.19. The Morgan fingerprint density at radius 3 is 2.40 bits per heavy atom. The zero-order valence-corrected chi connectivity index (χ0v) is 18.5. The quantitative estimate of drug-likeness (QED) is 0.220. The van der Waals surface area contributed by atoms with Crippen molar-refractivity contribution in [3.05, 3.63) is 69.4 Å².